The van der Waals surface area contributed by atoms with Gasteiger partial charge >= 0.3 is 0 Å². The number of fused-ring (bicyclic) bond motifs is 3. The van der Waals surface area contributed by atoms with Gasteiger partial charge in [0.05, 0.1) is 11.1 Å². The fraction of sp³-hybridized carbons (Fsp3) is 0.231. The van der Waals surface area contributed by atoms with Crippen molar-refractivity contribution in [2.24, 2.45) is 5.10 Å². The van der Waals surface area contributed by atoms with Crippen molar-refractivity contribution in [3.05, 3.63) is 77.3 Å². The number of hydrazone groups is 1. The maximum atomic E-state index is 13.1. The molecule has 0 bridgehead atoms. The molecule has 2 heterocycles. The van der Waals surface area contributed by atoms with E-state index >= 15 is 0 Å². The van der Waals surface area contributed by atoms with Gasteiger partial charge in [-0.15, -0.1) is 0 Å². The zero-order valence-corrected chi connectivity index (χ0v) is 20.8. The standard InChI is InChI=1S/C26H25ClN4O3S/c1-2-30-23-7-4-3-6-21(23)22-16-18(9-14-24(22)30)17-28-29-26(32)25-8-5-15-31(25)35(33,34)20-12-10-19(27)11-13-20/h3-4,6-7,9-14,16-17,25H,2,5,8,15H2,1H3,(H,29,32)/b28-17-/t25-/m1/s1. The quantitative estimate of drug-likeness (QED) is 0.301. The van der Waals surface area contributed by atoms with Crippen molar-refractivity contribution < 1.29 is 13.2 Å². The smallest absolute Gasteiger partial charge is 0.258 e. The van der Waals surface area contributed by atoms with E-state index in [0.29, 0.717) is 17.9 Å². The summed E-state index contributed by atoms with van der Waals surface area (Å²) in [5, 5.41) is 6.86. The molecule has 1 aliphatic heterocycles. The predicted octanol–water partition coefficient (Wildman–Crippen LogP) is 4.77. The summed E-state index contributed by atoms with van der Waals surface area (Å²) in [5.74, 6) is -0.444. The second-order valence-electron chi connectivity index (χ2n) is 8.50. The molecule has 0 unspecified atom stereocenters. The second kappa shape index (κ2) is 9.45. The molecule has 3 aromatic carbocycles. The van der Waals surface area contributed by atoms with E-state index in [1.807, 2.05) is 24.3 Å². The van der Waals surface area contributed by atoms with E-state index in [0.717, 1.165) is 28.4 Å². The van der Waals surface area contributed by atoms with Crippen molar-refractivity contribution in [2.45, 2.75) is 37.2 Å². The van der Waals surface area contributed by atoms with Gasteiger partial charge in [0.25, 0.3) is 5.91 Å². The lowest BCUT2D eigenvalue weighted by molar-refractivity contribution is -0.124. The molecule has 4 aromatic rings. The number of rotatable bonds is 6. The molecule has 1 saturated heterocycles. The van der Waals surface area contributed by atoms with E-state index < -0.39 is 22.0 Å². The number of carbonyl (C=O) groups excluding carboxylic acids is 1. The van der Waals surface area contributed by atoms with Crippen molar-refractivity contribution >= 4 is 55.6 Å². The molecule has 0 saturated carbocycles. The van der Waals surface area contributed by atoms with Crippen LogP contribution in [0.2, 0.25) is 5.02 Å². The molecular formula is C26H25ClN4O3S. The first-order valence-electron chi connectivity index (χ1n) is 11.5. The SMILES string of the molecule is CCn1c2ccccc2c2cc(/C=N\NC(=O)[C@H]3CCCN3S(=O)(=O)c3ccc(Cl)cc3)ccc21. The number of halogens is 1. The number of sulfonamides is 1. The molecule has 180 valence electrons. The Morgan fingerprint density at radius 3 is 2.60 bits per heavy atom. The summed E-state index contributed by atoms with van der Waals surface area (Å²) in [7, 11) is -3.81. The van der Waals surface area contributed by atoms with Gasteiger partial charge in [0, 0.05) is 39.9 Å². The van der Waals surface area contributed by atoms with Crippen LogP contribution in [0.25, 0.3) is 21.8 Å². The van der Waals surface area contributed by atoms with Gasteiger partial charge in [-0.25, -0.2) is 13.8 Å². The minimum absolute atomic E-state index is 0.115. The van der Waals surface area contributed by atoms with Gasteiger partial charge in [0.2, 0.25) is 10.0 Å². The Balaban J connectivity index is 1.34. The summed E-state index contributed by atoms with van der Waals surface area (Å²) >= 11 is 5.89. The Kier molecular flexibility index (Phi) is 6.35. The Morgan fingerprint density at radius 1 is 1.09 bits per heavy atom. The van der Waals surface area contributed by atoms with Crippen LogP contribution in [0.1, 0.15) is 25.3 Å². The molecule has 1 aliphatic rings. The van der Waals surface area contributed by atoms with Crippen LogP contribution in [0.5, 0.6) is 0 Å². The average molecular weight is 509 g/mol. The highest BCUT2D eigenvalue weighted by molar-refractivity contribution is 7.89. The van der Waals surface area contributed by atoms with Gasteiger partial charge in [-0.3, -0.25) is 4.79 Å². The van der Waals surface area contributed by atoms with Crippen LogP contribution in [0.3, 0.4) is 0 Å². The van der Waals surface area contributed by atoms with Crippen LogP contribution in [0, 0.1) is 0 Å². The van der Waals surface area contributed by atoms with Crippen LogP contribution < -0.4 is 5.43 Å². The van der Waals surface area contributed by atoms with Crippen LogP contribution in [-0.2, 0) is 21.4 Å². The number of benzene rings is 3. The summed E-state index contributed by atoms with van der Waals surface area (Å²) in [5.41, 5.74) is 5.70. The van der Waals surface area contributed by atoms with Gasteiger partial charge < -0.3 is 4.57 Å². The van der Waals surface area contributed by atoms with Gasteiger partial charge in [-0.2, -0.15) is 9.41 Å². The molecule has 1 atom stereocenters. The van der Waals surface area contributed by atoms with Crippen molar-refractivity contribution in [3.63, 3.8) is 0 Å². The lowest BCUT2D eigenvalue weighted by Crippen LogP contribution is -2.44. The van der Waals surface area contributed by atoms with Crippen molar-refractivity contribution in [3.8, 4) is 0 Å². The number of para-hydroxylation sites is 1. The summed E-state index contributed by atoms with van der Waals surface area (Å²) in [4.78, 5) is 13.0. The largest absolute Gasteiger partial charge is 0.341 e. The predicted molar refractivity (Wildman–Crippen MR) is 139 cm³/mol. The normalized spacial score (nSPS) is 17.0. The van der Waals surface area contributed by atoms with E-state index in [4.69, 9.17) is 11.6 Å². The van der Waals surface area contributed by atoms with Gasteiger partial charge in [-0.1, -0.05) is 35.9 Å². The molecule has 7 nitrogen and oxygen atoms in total. The molecule has 1 aromatic heterocycles. The van der Waals surface area contributed by atoms with Crippen molar-refractivity contribution in [1.29, 1.82) is 0 Å². The average Bonchev–Trinajstić information content (AvgIpc) is 3.48. The first-order valence-corrected chi connectivity index (χ1v) is 13.3. The molecule has 9 heteroatoms. The number of aryl methyl sites for hydroxylation is 1. The van der Waals surface area contributed by atoms with Crippen LogP contribution >= 0.6 is 11.6 Å². The fourth-order valence-corrected chi connectivity index (χ4v) is 6.55. The third-order valence-corrected chi connectivity index (χ3v) is 8.60. The molecule has 0 aliphatic carbocycles. The Labute approximate surface area is 209 Å². The van der Waals surface area contributed by atoms with E-state index in [9.17, 15) is 13.2 Å². The van der Waals surface area contributed by atoms with Crippen LogP contribution in [-0.4, -0.2) is 42.0 Å². The number of nitrogens with zero attached hydrogens (tertiary/aromatic N) is 3. The summed E-state index contributed by atoms with van der Waals surface area (Å²) in [6.45, 7) is 3.27. The number of hydrogen-bond donors (Lipinski definition) is 1. The zero-order valence-electron chi connectivity index (χ0n) is 19.2. The second-order valence-corrected chi connectivity index (χ2v) is 10.8. The third kappa shape index (κ3) is 4.33. The molecule has 35 heavy (non-hydrogen) atoms. The molecule has 1 fully saturated rings. The minimum Gasteiger partial charge on any atom is -0.341 e. The van der Waals surface area contributed by atoms with E-state index in [1.54, 1.807) is 6.21 Å². The summed E-state index contributed by atoms with van der Waals surface area (Å²) in [6, 6.07) is 19.5. The van der Waals surface area contributed by atoms with E-state index in [1.165, 1.54) is 34.1 Å². The topological polar surface area (TPSA) is 83.8 Å². The maximum Gasteiger partial charge on any atom is 0.258 e. The van der Waals surface area contributed by atoms with E-state index in [-0.39, 0.29) is 11.4 Å². The highest BCUT2D eigenvalue weighted by Crippen LogP contribution is 2.30. The molecule has 1 amide bonds. The number of amides is 1. The number of aromatic nitrogens is 1. The monoisotopic (exact) mass is 508 g/mol. The highest BCUT2D eigenvalue weighted by atomic mass is 35.5. The lowest BCUT2D eigenvalue weighted by Gasteiger charge is -2.22. The Morgan fingerprint density at radius 2 is 1.83 bits per heavy atom. The molecule has 0 spiro atoms. The first kappa shape index (κ1) is 23.5. The van der Waals surface area contributed by atoms with Gasteiger partial charge in [0.15, 0.2) is 0 Å². The van der Waals surface area contributed by atoms with Gasteiger partial charge in [-0.05, 0) is 67.8 Å². The molecule has 1 N–H and O–H groups in total. The lowest BCUT2D eigenvalue weighted by atomic mass is 10.1. The molecule has 5 rings (SSSR count). The summed E-state index contributed by atoms with van der Waals surface area (Å²) < 4.78 is 29.7. The molecule has 0 radical (unpaired) electrons. The van der Waals surface area contributed by atoms with Crippen molar-refractivity contribution in [1.82, 2.24) is 14.3 Å². The fourth-order valence-electron chi connectivity index (χ4n) is 4.77. The maximum absolute atomic E-state index is 13.1. The number of carbonyl (C=O) groups is 1. The first-order chi connectivity index (χ1) is 16.9. The summed E-state index contributed by atoms with van der Waals surface area (Å²) in [6.07, 6.45) is 2.63. The number of hydrogen-bond acceptors (Lipinski definition) is 4. The van der Waals surface area contributed by atoms with Gasteiger partial charge in [0.1, 0.15) is 6.04 Å². The number of nitrogens with one attached hydrogen (secondary N) is 1. The van der Waals surface area contributed by atoms with Crippen molar-refractivity contribution in [2.75, 3.05) is 6.54 Å². The Bertz CT molecular complexity index is 1540. The van der Waals surface area contributed by atoms with Crippen LogP contribution in [0.4, 0.5) is 0 Å². The minimum atomic E-state index is -3.81. The Hall–Kier alpha value is -3.20. The highest BCUT2D eigenvalue weighted by Gasteiger charge is 2.39. The third-order valence-electron chi connectivity index (χ3n) is 6.43. The zero-order chi connectivity index (χ0) is 24.6. The van der Waals surface area contributed by atoms with E-state index in [2.05, 4.69) is 40.2 Å². The molecular weight excluding hydrogens is 484 g/mol. The van der Waals surface area contributed by atoms with Crippen LogP contribution in [0.15, 0.2) is 76.7 Å².